The summed E-state index contributed by atoms with van der Waals surface area (Å²) in [6.07, 6.45) is 0.972. The summed E-state index contributed by atoms with van der Waals surface area (Å²) in [5.74, 6) is 2.87. The molecule has 7 nitrogen and oxygen atoms in total. The van der Waals surface area contributed by atoms with Crippen molar-refractivity contribution in [3.8, 4) is 0 Å². The monoisotopic (exact) mass is 378 g/mol. The molecule has 0 aliphatic carbocycles. The Morgan fingerprint density at radius 2 is 2.04 bits per heavy atom. The molecule has 2 aromatic heterocycles. The van der Waals surface area contributed by atoms with E-state index in [2.05, 4.69) is 24.3 Å². The molecule has 134 valence electrons. The lowest BCUT2D eigenvalue weighted by Crippen LogP contribution is -2.47. The summed E-state index contributed by atoms with van der Waals surface area (Å²) < 4.78 is 5.91. The molecule has 1 saturated heterocycles. The summed E-state index contributed by atoms with van der Waals surface area (Å²) in [6.45, 7) is 7.33. The van der Waals surface area contributed by atoms with Gasteiger partial charge in [0.05, 0.1) is 12.2 Å². The van der Waals surface area contributed by atoms with Crippen molar-refractivity contribution in [2.75, 3.05) is 43.4 Å². The maximum atomic E-state index is 12.3. The van der Waals surface area contributed by atoms with Crippen molar-refractivity contribution >= 4 is 28.4 Å². The van der Waals surface area contributed by atoms with E-state index in [1.54, 1.807) is 10.7 Å². The third-order valence-corrected chi connectivity index (χ3v) is 6.57. The maximum Gasteiger partial charge on any atom is 0.267 e. The summed E-state index contributed by atoms with van der Waals surface area (Å²) in [7, 11) is 0. The minimum absolute atomic E-state index is 0.0317. The number of piperazine rings is 1. The minimum atomic E-state index is 0.0317. The molecule has 0 amide bonds. The molecule has 0 saturated carbocycles. The van der Waals surface area contributed by atoms with Gasteiger partial charge in [0.15, 0.2) is 0 Å². The molecule has 9 heteroatoms. The molecule has 25 heavy (non-hydrogen) atoms. The summed E-state index contributed by atoms with van der Waals surface area (Å²) >= 11 is 3.35. The first-order valence-corrected chi connectivity index (χ1v) is 10.6. The molecular formula is C16H22N6OS2. The second-order valence-electron chi connectivity index (χ2n) is 6.43. The Hall–Kier alpha value is -1.45. The molecule has 0 unspecified atom stereocenters. The topological polar surface area (TPSA) is 67.2 Å². The SMILES string of the molecule is Cc1nsc(N2CCN(CCn3nc4c(cc3=O)CSCC4)CC2)n1. The van der Waals surface area contributed by atoms with Crippen molar-refractivity contribution in [2.24, 2.45) is 0 Å². The molecule has 0 radical (unpaired) electrons. The fourth-order valence-corrected chi connectivity index (χ4v) is 4.90. The maximum absolute atomic E-state index is 12.3. The van der Waals surface area contributed by atoms with Crippen LogP contribution in [0.5, 0.6) is 0 Å². The van der Waals surface area contributed by atoms with Crippen LogP contribution in [0.3, 0.4) is 0 Å². The first kappa shape index (κ1) is 17.0. The van der Waals surface area contributed by atoms with Gasteiger partial charge in [0.1, 0.15) is 5.82 Å². The van der Waals surface area contributed by atoms with Crippen molar-refractivity contribution in [2.45, 2.75) is 25.6 Å². The quantitative estimate of drug-likeness (QED) is 0.787. The van der Waals surface area contributed by atoms with Crippen LogP contribution in [-0.2, 0) is 18.7 Å². The Bertz CT molecular complexity index is 796. The highest BCUT2D eigenvalue weighted by Crippen LogP contribution is 2.21. The van der Waals surface area contributed by atoms with E-state index in [4.69, 9.17) is 0 Å². The average molecular weight is 379 g/mol. The van der Waals surface area contributed by atoms with Gasteiger partial charge in [-0.15, -0.1) is 0 Å². The number of anilines is 1. The zero-order chi connectivity index (χ0) is 17.2. The fourth-order valence-electron chi connectivity index (χ4n) is 3.23. The zero-order valence-corrected chi connectivity index (χ0v) is 16.0. The first-order chi connectivity index (χ1) is 12.2. The van der Waals surface area contributed by atoms with Crippen LogP contribution < -0.4 is 10.5 Å². The second-order valence-corrected chi connectivity index (χ2v) is 8.27. The number of aromatic nitrogens is 4. The first-order valence-electron chi connectivity index (χ1n) is 8.64. The second kappa shape index (κ2) is 7.43. The molecule has 0 spiro atoms. The zero-order valence-electron chi connectivity index (χ0n) is 14.3. The van der Waals surface area contributed by atoms with Crippen LogP contribution >= 0.6 is 23.3 Å². The highest BCUT2D eigenvalue weighted by Gasteiger charge is 2.20. The van der Waals surface area contributed by atoms with Crippen molar-refractivity contribution < 1.29 is 0 Å². The van der Waals surface area contributed by atoms with Crippen LogP contribution in [0, 0.1) is 6.92 Å². The molecule has 0 bridgehead atoms. The summed E-state index contributed by atoms with van der Waals surface area (Å²) in [4.78, 5) is 21.4. The Morgan fingerprint density at radius 1 is 1.20 bits per heavy atom. The van der Waals surface area contributed by atoms with Crippen LogP contribution in [-0.4, -0.2) is 62.5 Å². The third kappa shape index (κ3) is 3.88. The van der Waals surface area contributed by atoms with E-state index in [1.807, 2.05) is 18.7 Å². The van der Waals surface area contributed by atoms with E-state index in [1.165, 1.54) is 11.5 Å². The molecule has 0 aromatic carbocycles. The molecule has 2 aliphatic heterocycles. The lowest BCUT2D eigenvalue weighted by Gasteiger charge is -2.34. The van der Waals surface area contributed by atoms with E-state index in [0.29, 0.717) is 6.54 Å². The predicted molar refractivity (Wildman–Crippen MR) is 102 cm³/mol. The number of nitrogens with zero attached hydrogens (tertiary/aromatic N) is 6. The highest BCUT2D eigenvalue weighted by atomic mass is 32.2. The molecule has 4 heterocycles. The number of fused-ring (bicyclic) bond motifs is 1. The Labute approximate surface area is 155 Å². The van der Waals surface area contributed by atoms with Gasteiger partial charge in [0.25, 0.3) is 5.56 Å². The van der Waals surface area contributed by atoms with Crippen molar-refractivity contribution in [3.63, 3.8) is 0 Å². The number of thioether (sulfide) groups is 1. The van der Waals surface area contributed by atoms with Crippen molar-refractivity contribution in [1.29, 1.82) is 0 Å². The van der Waals surface area contributed by atoms with Gasteiger partial charge in [0.2, 0.25) is 5.13 Å². The van der Waals surface area contributed by atoms with Gasteiger partial charge in [-0.1, -0.05) is 0 Å². The lowest BCUT2D eigenvalue weighted by atomic mass is 10.2. The third-order valence-electron chi connectivity index (χ3n) is 4.69. The van der Waals surface area contributed by atoms with Crippen molar-refractivity contribution in [3.05, 3.63) is 33.5 Å². The molecule has 2 aliphatic rings. The summed E-state index contributed by atoms with van der Waals surface area (Å²) in [5.41, 5.74) is 2.26. The van der Waals surface area contributed by atoms with E-state index >= 15 is 0 Å². The van der Waals surface area contributed by atoms with Gasteiger partial charge in [-0.25, -0.2) is 9.67 Å². The fraction of sp³-hybridized carbons (Fsp3) is 0.625. The van der Waals surface area contributed by atoms with Crippen molar-refractivity contribution in [1.82, 2.24) is 24.0 Å². The Morgan fingerprint density at radius 3 is 2.80 bits per heavy atom. The highest BCUT2D eigenvalue weighted by molar-refractivity contribution is 7.98. The van der Waals surface area contributed by atoms with Crippen LogP contribution in [0.15, 0.2) is 10.9 Å². The lowest BCUT2D eigenvalue weighted by molar-refractivity contribution is 0.242. The van der Waals surface area contributed by atoms with Gasteiger partial charge >= 0.3 is 0 Å². The van der Waals surface area contributed by atoms with Gasteiger partial charge in [-0.2, -0.15) is 21.2 Å². The van der Waals surface area contributed by atoms with Crippen LogP contribution in [0.2, 0.25) is 0 Å². The number of aryl methyl sites for hydroxylation is 2. The summed E-state index contributed by atoms with van der Waals surface area (Å²) in [5, 5.41) is 5.62. The van der Waals surface area contributed by atoms with E-state index in [-0.39, 0.29) is 5.56 Å². The standard InChI is InChI=1S/C16H22N6OS2/c1-12-17-16(25-19-12)21-6-3-20(4-7-21)5-8-22-15(23)10-13-11-24-9-2-14(13)18-22/h10H,2-9,11H2,1H3. The van der Waals surface area contributed by atoms with Crippen LogP contribution in [0.4, 0.5) is 5.13 Å². The predicted octanol–water partition coefficient (Wildman–Crippen LogP) is 1.01. The minimum Gasteiger partial charge on any atom is -0.344 e. The molecule has 1 fully saturated rings. The summed E-state index contributed by atoms with van der Waals surface area (Å²) in [6, 6.07) is 1.78. The van der Waals surface area contributed by atoms with E-state index < -0.39 is 0 Å². The molecule has 0 atom stereocenters. The van der Waals surface area contributed by atoms with Crippen LogP contribution in [0.25, 0.3) is 0 Å². The van der Waals surface area contributed by atoms with Crippen LogP contribution in [0.1, 0.15) is 17.1 Å². The largest absolute Gasteiger partial charge is 0.344 e. The number of rotatable bonds is 4. The average Bonchev–Trinajstić information content (AvgIpc) is 3.07. The van der Waals surface area contributed by atoms with Gasteiger partial charge in [0, 0.05) is 62.5 Å². The van der Waals surface area contributed by atoms with Gasteiger partial charge in [-0.05, 0) is 18.2 Å². The molecule has 2 aromatic rings. The smallest absolute Gasteiger partial charge is 0.267 e. The Balaban J connectivity index is 1.33. The normalized spacial score (nSPS) is 18.4. The molecule has 4 rings (SSSR count). The Kier molecular flexibility index (Phi) is 5.05. The number of hydrogen-bond donors (Lipinski definition) is 0. The molecular weight excluding hydrogens is 356 g/mol. The van der Waals surface area contributed by atoms with E-state index in [9.17, 15) is 4.79 Å². The van der Waals surface area contributed by atoms with Gasteiger partial charge < -0.3 is 4.90 Å². The number of hydrogen-bond acceptors (Lipinski definition) is 8. The van der Waals surface area contributed by atoms with Gasteiger partial charge in [-0.3, -0.25) is 9.69 Å². The van der Waals surface area contributed by atoms with E-state index in [0.717, 1.165) is 72.9 Å². The molecule has 0 N–H and O–H groups in total.